The van der Waals surface area contributed by atoms with Crippen LogP contribution in [0.1, 0.15) is 55.7 Å². The van der Waals surface area contributed by atoms with Crippen molar-refractivity contribution in [3.8, 4) is 5.75 Å². The summed E-state index contributed by atoms with van der Waals surface area (Å²) in [5.41, 5.74) is -3.93. The van der Waals surface area contributed by atoms with Gasteiger partial charge < -0.3 is 14.4 Å². The SMILES string of the molecule is C[C@@H](N1CN(C(=O)OC(C)(C)C)n2cc(C(F)F)c(=O)c(OCc3ccccc3)c2C1=O)C(F)(F)F. The number of carbonyl (C=O) groups excluding carboxylic acids is 2. The average Bonchev–Trinajstić information content (AvgIpc) is 2.76. The minimum absolute atomic E-state index is 0.288. The fourth-order valence-corrected chi connectivity index (χ4v) is 3.35. The average molecular weight is 517 g/mol. The molecule has 0 N–H and O–H groups in total. The number of nitrogens with zero attached hydrogens (tertiary/aromatic N) is 3. The van der Waals surface area contributed by atoms with Crippen molar-refractivity contribution >= 4 is 12.0 Å². The zero-order chi connectivity index (χ0) is 27.0. The van der Waals surface area contributed by atoms with Crippen LogP contribution < -0.4 is 15.2 Å². The van der Waals surface area contributed by atoms with Crippen LogP contribution in [0.25, 0.3) is 0 Å². The molecule has 0 fully saturated rings. The van der Waals surface area contributed by atoms with Gasteiger partial charge in [0.2, 0.25) is 5.43 Å². The van der Waals surface area contributed by atoms with Crippen molar-refractivity contribution in [1.82, 2.24) is 9.58 Å². The van der Waals surface area contributed by atoms with Gasteiger partial charge in [-0.3, -0.25) is 9.59 Å². The summed E-state index contributed by atoms with van der Waals surface area (Å²) < 4.78 is 79.5. The van der Waals surface area contributed by atoms with Crippen molar-refractivity contribution in [2.24, 2.45) is 0 Å². The molecule has 0 saturated heterocycles. The summed E-state index contributed by atoms with van der Waals surface area (Å²) in [7, 11) is 0. The van der Waals surface area contributed by atoms with Crippen LogP contribution >= 0.6 is 0 Å². The first-order valence-corrected chi connectivity index (χ1v) is 10.7. The Bertz CT molecular complexity index is 1190. The molecule has 0 unspecified atom stereocenters. The van der Waals surface area contributed by atoms with Crippen LogP contribution in [0.3, 0.4) is 0 Å². The van der Waals surface area contributed by atoms with Gasteiger partial charge >= 0.3 is 12.3 Å². The summed E-state index contributed by atoms with van der Waals surface area (Å²) in [5, 5.41) is 0.533. The van der Waals surface area contributed by atoms with Crippen molar-refractivity contribution in [3.05, 3.63) is 63.6 Å². The second-order valence-corrected chi connectivity index (χ2v) is 9.02. The first-order valence-electron chi connectivity index (χ1n) is 10.7. The van der Waals surface area contributed by atoms with Crippen molar-refractivity contribution in [2.45, 2.75) is 58.5 Å². The van der Waals surface area contributed by atoms with Gasteiger partial charge in [0, 0.05) is 6.20 Å². The highest BCUT2D eigenvalue weighted by atomic mass is 19.4. The number of hydrogen-bond donors (Lipinski definition) is 0. The minimum Gasteiger partial charge on any atom is -0.482 e. The van der Waals surface area contributed by atoms with Gasteiger partial charge in [-0.2, -0.15) is 18.2 Å². The summed E-state index contributed by atoms with van der Waals surface area (Å²) >= 11 is 0. The monoisotopic (exact) mass is 517 g/mol. The fraction of sp³-hybridized carbons (Fsp3) is 0.435. The molecule has 13 heteroatoms. The zero-order valence-corrected chi connectivity index (χ0v) is 19.8. The van der Waals surface area contributed by atoms with Crippen molar-refractivity contribution < 1.29 is 41.0 Å². The van der Waals surface area contributed by atoms with Crippen LogP contribution in [0.15, 0.2) is 41.3 Å². The van der Waals surface area contributed by atoms with Crippen LogP contribution in [0, 0.1) is 0 Å². The Morgan fingerprint density at radius 2 is 1.69 bits per heavy atom. The molecule has 196 valence electrons. The summed E-state index contributed by atoms with van der Waals surface area (Å²) in [5.74, 6) is -2.24. The van der Waals surface area contributed by atoms with Crippen molar-refractivity contribution in [1.29, 1.82) is 0 Å². The largest absolute Gasteiger partial charge is 0.482 e. The number of halogens is 5. The van der Waals surface area contributed by atoms with Crippen LogP contribution in [0.5, 0.6) is 5.75 Å². The molecule has 3 rings (SSSR count). The summed E-state index contributed by atoms with van der Waals surface area (Å²) in [4.78, 5) is 39.3. The molecular formula is C23H24F5N3O5. The van der Waals surface area contributed by atoms with E-state index in [4.69, 9.17) is 9.47 Å². The van der Waals surface area contributed by atoms with Crippen LogP contribution in [-0.2, 0) is 11.3 Å². The van der Waals surface area contributed by atoms with Gasteiger partial charge in [-0.1, -0.05) is 30.3 Å². The van der Waals surface area contributed by atoms with Crippen molar-refractivity contribution in [2.75, 3.05) is 11.7 Å². The van der Waals surface area contributed by atoms with Crippen molar-refractivity contribution in [3.63, 3.8) is 0 Å². The number of benzene rings is 1. The molecule has 0 aliphatic carbocycles. The Balaban J connectivity index is 2.23. The normalized spacial score (nSPS) is 15.1. The molecule has 2 heterocycles. The number of amides is 2. The van der Waals surface area contributed by atoms with Gasteiger partial charge in [-0.15, -0.1) is 0 Å². The highest BCUT2D eigenvalue weighted by molar-refractivity contribution is 5.98. The third-order valence-electron chi connectivity index (χ3n) is 5.19. The maximum Gasteiger partial charge on any atom is 0.431 e. The minimum atomic E-state index is -4.90. The van der Waals surface area contributed by atoms with Gasteiger partial charge in [0.05, 0.1) is 5.56 Å². The van der Waals surface area contributed by atoms with E-state index in [1.807, 2.05) is 0 Å². The lowest BCUT2D eigenvalue weighted by Gasteiger charge is -2.41. The number of carbonyl (C=O) groups is 2. The van der Waals surface area contributed by atoms with Gasteiger partial charge in [-0.05, 0) is 33.3 Å². The second kappa shape index (κ2) is 9.78. The van der Waals surface area contributed by atoms with Gasteiger partial charge in [0.15, 0.2) is 11.4 Å². The number of hydrogen-bond acceptors (Lipinski definition) is 5. The smallest absolute Gasteiger partial charge is 0.431 e. The predicted octanol–water partition coefficient (Wildman–Crippen LogP) is 4.60. The number of pyridine rings is 1. The molecular weight excluding hydrogens is 493 g/mol. The first kappa shape index (κ1) is 27.0. The second-order valence-electron chi connectivity index (χ2n) is 9.02. The molecule has 1 aromatic carbocycles. The zero-order valence-electron chi connectivity index (χ0n) is 19.8. The third-order valence-corrected chi connectivity index (χ3v) is 5.19. The fourth-order valence-electron chi connectivity index (χ4n) is 3.35. The number of fused-ring (bicyclic) bond motifs is 1. The maximum absolute atomic E-state index is 13.8. The Morgan fingerprint density at radius 1 is 1.08 bits per heavy atom. The molecule has 0 saturated carbocycles. The van der Waals surface area contributed by atoms with Gasteiger partial charge in [-0.25, -0.2) is 18.3 Å². The van der Waals surface area contributed by atoms with Crippen LogP contribution in [-0.4, -0.2) is 46.1 Å². The van der Waals surface area contributed by atoms with E-state index in [1.54, 1.807) is 30.3 Å². The van der Waals surface area contributed by atoms with E-state index >= 15 is 0 Å². The maximum atomic E-state index is 13.8. The van der Waals surface area contributed by atoms with E-state index in [0.29, 0.717) is 28.4 Å². The van der Waals surface area contributed by atoms with E-state index in [0.717, 1.165) is 0 Å². The van der Waals surface area contributed by atoms with Crippen LogP contribution in [0.2, 0.25) is 0 Å². The standard InChI is InChI=1S/C23H24F5N3O5/c1-13(23(26,27)28)29-12-31(21(34)36-22(2,3)4)30-10-15(19(24)25)17(32)18(16(30)20(29)33)35-11-14-8-6-5-7-9-14/h5-10,13,19H,11-12H2,1-4H3/t13-/m1/s1. The van der Waals surface area contributed by atoms with E-state index in [1.165, 1.54) is 20.8 Å². The summed E-state index contributed by atoms with van der Waals surface area (Å²) in [6.45, 7) is 3.82. The molecule has 0 spiro atoms. The quantitative estimate of drug-likeness (QED) is 0.542. The lowest BCUT2D eigenvalue weighted by molar-refractivity contribution is -0.173. The van der Waals surface area contributed by atoms with Crippen LogP contribution in [0.4, 0.5) is 26.7 Å². The molecule has 1 aliphatic rings. The summed E-state index contributed by atoms with van der Waals surface area (Å²) in [6, 6.07) is 5.76. The molecule has 36 heavy (non-hydrogen) atoms. The molecule has 2 aromatic rings. The summed E-state index contributed by atoms with van der Waals surface area (Å²) in [6.07, 6.45) is -8.92. The van der Waals surface area contributed by atoms with E-state index < -0.39 is 65.3 Å². The molecule has 2 amide bonds. The van der Waals surface area contributed by atoms with E-state index in [2.05, 4.69) is 0 Å². The molecule has 1 atom stereocenters. The Labute approximate surface area is 202 Å². The first-order chi connectivity index (χ1) is 16.6. The molecule has 8 nitrogen and oxygen atoms in total. The van der Waals surface area contributed by atoms with Gasteiger partial charge in [0.25, 0.3) is 12.3 Å². The number of aromatic nitrogens is 1. The number of alkyl halides is 5. The van der Waals surface area contributed by atoms with E-state index in [-0.39, 0.29) is 11.5 Å². The lowest BCUT2D eigenvalue weighted by Crippen LogP contribution is -2.61. The lowest BCUT2D eigenvalue weighted by atomic mass is 10.1. The van der Waals surface area contributed by atoms with E-state index in [9.17, 15) is 36.3 Å². The molecule has 0 bridgehead atoms. The predicted molar refractivity (Wildman–Crippen MR) is 117 cm³/mol. The highest BCUT2D eigenvalue weighted by Crippen LogP contribution is 2.32. The highest BCUT2D eigenvalue weighted by Gasteiger charge is 2.48. The number of ether oxygens (including phenoxy) is 2. The number of rotatable bonds is 5. The Hall–Kier alpha value is -3.64. The molecule has 1 aromatic heterocycles. The topological polar surface area (TPSA) is 81.1 Å². The molecule has 0 radical (unpaired) electrons. The Morgan fingerprint density at radius 3 is 2.22 bits per heavy atom. The Kier molecular flexibility index (Phi) is 7.32. The molecule has 1 aliphatic heterocycles. The van der Waals surface area contributed by atoms with Gasteiger partial charge in [0.1, 0.15) is 24.9 Å². The third kappa shape index (κ3) is 5.60.